The van der Waals surface area contributed by atoms with Crippen LogP contribution < -0.4 is 10.2 Å². The van der Waals surface area contributed by atoms with Gasteiger partial charge >= 0.3 is 5.97 Å². The van der Waals surface area contributed by atoms with Crippen molar-refractivity contribution in [2.24, 2.45) is 5.92 Å². The summed E-state index contributed by atoms with van der Waals surface area (Å²) in [4.78, 5) is 25.8. The summed E-state index contributed by atoms with van der Waals surface area (Å²) in [6, 6.07) is 15.0. The first-order chi connectivity index (χ1) is 14.4. The number of amides is 1. The Kier molecular flexibility index (Phi) is 9.55. The predicted octanol–water partition coefficient (Wildman–Crippen LogP) is 4.36. The summed E-state index contributed by atoms with van der Waals surface area (Å²) in [7, 11) is 1.64. The summed E-state index contributed by atoms with van der Waals surface area (Å²) in [5.41, 5.74) is 3.51. The Morgan fingerprint density at radius 1 is 0.933 bits per heavy atom. The van der Waals surface area contributed by atoms with Gasteiger partial charge < -0.3 is 15.3 Å². The van der Waals surface area contributed by atoms with E-state index >= 15 is 0 Å². The van der Waals surface area contributed by atoms with E-state index < -0.39 is 17.8 Å². The molecule has 0 aromatic heterocycles. The number of nitrogens with zero attached hydrogens (tertiary/aromatic N) is 1. The summed E-state index contributed by atoms with van der Waals surface area (Å²) in [5, 5.41) is 12.8. The summed E-state index contributed by atoms with van der Waals surface area (Å²) in [5.74, 6) is -2.60. The molecule has 0 bridgehead atoms. The van der Waals surface area contributed by atoms with Crippen LogP contribution in [0.15, 0.2) is 48.5 Å². The van der Waals surface area contributed by atoms with Gasteiger partial charge in [-0.1, -0.05) is 61.4 Å². The smallest absolute Gasteiger partial charge is 0.316 e. The Bertz CT molecular complexity index is 780. The van der Waals surface area contributed by atoms with Gasteiger partial charge in [-0.15, -0.1) is 0 Å². The van der Waals surface area contributed by atoms with Crippen molar-refractivity contribution in [2.45, 2.75) is 46.0 Å². The van der Waals surface area contributed by atoms with Crippen molar-refractivity contribution in [3.63, 3.8) is 0 Å². The van der Waals surface area contributed by atoms with Crippen LogP contribution in [0.25, 0.3) is 0 Å². The molecule has 1 atom stereocenters. The van der Waals surface area contributed by atoms with Gasteiger partial charge in [0.2, 0.25) is 5.91 Å². The number of carboxylic acids is 1. The van der Waals surface area contributed by atoms with Crippen LogP contribution in [0.5, 0.6) is 0 Å². The van der Waals surface area contributed by atoms with Crippen LogP contribution in [0.2, 0.25) is 0 Å². The highest BCUT2D eigenvalue weighted by Crippen LogP contribution is 2.25. The van der Waals surface area contributed by atoms with Crippen LogP contribution in [0.4, 0.5) is 5.69 Å². The Balaban J connectivity index is 0.000000386. The SMILES string of the molecule is C1CCCNCC1.Cc1cccc(C)c1N(C)C(=O)C(Cc1ccccc1)C(=O)O. The van der Waals surface area contributed by atoms with Gasteiger partial charge in [-0.05, 0) is 62.9 Å². The number of hydrogen-bond donors (Lipinski definition) is 2. The molecule has 1 unspecified atom stereocenters. The molecule has 1 heterocycles. The van der Waals surface area contributed by atoms with Gasteiger partial charge in [0.1, 0.15) is 5.92 Å². The molecule has 5 nitrogen and oxygen atoms in total. The van der Waals surface area contributed by atoms with Crippen molar-refractivity contribution in [3.8, 4) is 0 Å². The van der Waals surface area contributed by atoms with Crippen LogP contribution in [-0.2, 0) is 16.0 Å². The lowest BCUT2D eigenvalue weighted by molar-refractivity contribution is -0.146. The maximum Gasteiger partial charge on any atom is 0.316 e. The molecule has 1 fully saturated rings. The zero-order valence-electron chi connectivity index (χ0n) is 18.4. The number of carbonyl (C=O) groups excluding carboxylic acids is 1. The zero-order chi connectivity index (χ0) is 21.9. The van der Waals surface area contributed by atoms with Crippen molar-refractivity contribution in [1.82, 2.24) is 5.32 Å². The van der Waals surface area contributed by atoms with Gasteiger partial charge in [-0.25, -0.2) is 0 Å². The van der Waals surface area contributed by atoms with E-state index in [1.54, 1.807) is 7.05 Å². The summed E-state index contributed by atoms with van der Waals surface area (Å²) in [6.45, 7) is 6.33. The fourth-order valence-electron chi connectivity index (χ4n) is 3.79. The van der Waals surface area contributed by atoms with Crippen LogP contribution in [0, 0.1) is 19.8 Å². The molecule has 1 saturated heterocycles. The van der Waals surface area contributed by atoms with Crippen LogP contribution in [0.1, 0.15) is 42.4 Å². The molecule has 162 valence electrons. The lowest BCUT2D eigenvalue weighted by Crippen LogP contribution is -2.38. The van der Waals surface area contributed by atoms with Crippen molar-refractivity contribution in [3.05, 3.63) is 65.2 Å². The molecule has 30 heavy (non-hydrogen) atoms. The third-order valence-electron chi connectivity index (χ3n) is 5.44. The number of rotatable bonds is 5. The number of nitrogens with one attached hydrogen (secondary N) is 1. The normalized spacial score (nSPS) is 14.6. The molecule has 2 aromatic carbocycles. The van der Waals surface area contributed by atoms with E-state index in [4.69, 9.17) is 0 Å². The maximum atomic E-state index is 12.7. The monoisotopic (exact) mass is 410 g/mol. The Morgan fingerprint density at radius 2 is 1.50 bits per heavy atom. The highest BCUT2D eigenvalue weighted by molar-refractivity contribution is 6.06. The van der Waals surface area contributed by atoms with E-state index in [9.17, 15) is 14.7 Å². The summed E-state index contributed by atoms with van der Waals surface area (Å²) in [6.07, 6.45) is 5.84. The third kappa shape index (κ3) is 6.99. The molecule has 5 heteroatoms. The molecule has 1 amide bonds. The Labute approximate surface area is 180 Å². The van der Waals surface area contributed by atoms with E-state index in [-0.39, 0.29) is 6.42 Å². The maximum absolute atomic E-state index is 12.7. The highest BCUT2D eigenvalue weighted by Gasteiger charge is 2.30. The van der Waals surface area contributed by atoms with Crippen molar-refractivity contribution in [1.29, 1.82) is 0 Å². The third-order valence-corrected chi connectivity index (χ3v) is 5.44. The minimum Gasteiger partial charge on any atom is -0.481 e. The molecule has 1 aliphatic heterocycles. The number of aliphatic carboxylic acids is 1. The number of hydrogen-bond acceptors (Lipinski definition) is 3. The van der Waals surface area contributed by atoms with Crippen LogP contribution in [0.3, 0.4) is 0 Å². The van der Waals surface area contributed by atoms with Gasteiger partial charge in [0, 0.05) is 12.7 Å². The van der Waals surface area contributed by atoms with E-state index in [1.165, 1.54) is 43.7 Å². The topological polar surface area (TPSA) is 69.6 Å². The van der Waals surface area contributed by atoms with E-state index in [0.717, 1.165) is 22.4 Å². The number of anilines is 1. The van der Waals surface area contributed by atoms with Crippen molar-refractivity contribution < 1.29 is 14.7 Å². The molecule has 0 aliphatic carbocycles. The molecule has 0 spiro atoms. The fraction of sp³-hybridized carbons (Fsp3) is 0.440. The number of para-hydroxylation sites is 1. The second-order valence-electron chi connectivity index (χ2n) is 7.88. The average molecular weight is 411 g/mol. The average Bonchev–Trinajstić information content (AvgIpc) is 3.05. The molecule has 2 aromatic rings. The fourth-order valence-corrected chi connectivity index (χ4v) is 3.79. The minimum atomic E-state index is -1.10. The molecule has 1 aliphatic rings. The quantitative estimate of drug-likeness (QED) is 0.719. The van der Waals surface area contributed by atoms with Gasteiger partial charge in [0.25, 0.3) is 0 Å². The minimum absolute atomic E-state index is 0.185. The molecular formula is C25H34N2O3. The first kappa shape index (κ1) is 23.6. The van der Waals surface area contributed by atoms with E-state index in [2.05, 4.69) is 5.32 Å². The first-order valence-corrected chi connectivity index (χ1v) is 10.7. The van der Waals surface area contributed by atoms with Gasteiger partial charge in [-0.2, -0.15) is 0 Å². The molecule has 0 radical (unpaired) electrons. The van der Waals surface area contributed by atoms with Crippen molar-refractivity contribution >= 4 is 17.6 Å². The summed E-state index contributed by atoms with van der Waals surface area (Å²) >= 11 is 0. The predicted molar refractivity (Wildman–Crippen MR) is 122 cm³/mol. The molecular weight excluding hydrogens is 376 g/mol. The largest absolute Gasteiger partial charge is 0.481 e. The first-order valence-electron chi connectivity index (χ1n) is 10.7. The zero-order valence-corrected chi connectivity index (χ0v) is 18.4. The lowest BCUT2D eigenvalue weighted by Gasteiger charge is -2.25. The van der Waals surface area contributed by atoms with Crippen LogP contribution in [-0.4, -0.2) is 37.1 Å². The highest BCUT2D eigenvalue weighted by atomic mass is 16.4. The van der Waals surface area contributed by atoms with Crippen LogP contribution >= 0.6 is 0 Å². The van der Waals surface area contributed by atoms with Gasteiger partial charge in [0.15, 0.2) is 0 Å². The standard InChI is InChI=1S/C19H21NO3.C6H13N/c1-13-8-7-9-14(2)17(13)20(3)18(21)16(19(22)23)12-15-10-5-4-6-11-15;1-2-4-6-7-5-3-1/h4-11,16H,12H2,1-3H3,(H,22,23);7H,1-6H2. The number of carbonyl (C=O) groups is 2. The van der Waals surface area contributed by atoms with Gasteiger partial charge in [0.05, 0.1) is 0 Å². The van der Waals surface area contributed by atoms with Gasteiger partial charge in [-0.3, -0.25) is 9.59 Å². The number of carboxylic acid groups (broad SMARTS) is 1. The Morgan fingerprint density at radius 3 is 2.03 bits per heavy atom. The van der Waals surface area contributed by atoms with E-state index in [1.807, 2.05) is 62.4 Å². The van der Waals surface area contributed by atoms with E-state index in [0.29, 0.717) is 0 Å². The number of aryl methyl sites for hydroxylation is 2. The second-order valence-corrected chi connectivity index (χ2v) is 7.88. The summed E-state index contributed by atoms with van der Waals surface area (Å²) < 4.78 is 0. The molecule has 0 saturated carbocycles. The molecule has 2 N–H and O–H groups in total. The molecule has 3 rings (SSSR count). The number of benzene rings is 2. The second kappa shape index (κ2) is 12.1. The van der Waals surface area contributed by atoms with Crippen molar-refractivity contribution in [2.75, 3.05) is 25.0 Å². The Hall–Kier alpha value is -2.66. The lowest BCUT2D eigenvalue weighted by atomic mass is 9.97.